The molecule has 0 saturated carbocycles. The number of rotatable bonds is 3. The van der Waals surface area contributed by atoms with Crippen molar-refractivity contribution in [2.75, 3.05) is 26.3 Å². The molecule has 1 fully saturated rings. The topological polar surface area (TPSA) is 62.7 Å². The van der Waals surface area contributed by atoms with E-state index in [4.69, 9.17) is 9.84 Å². The summed E-state index contributed by atoms with van der Waals surface area (Å²) in [7, 11) is 0. The number of aromatic carboxylic acids is 1. The Hall–Kier alpha value is -0.980. The van der Waals surface area contributed by atoms with Crippen LogP contribution in [-0.4, -0.2) is 47.3 Å². The van der Waals surface area contributed by atoms with Crippen LogP contribution in [0.4, 0.5) is 0 Å². The quantitative estimate of drug-likeness (QED) is 0.858. The van der Waals surface area contributed by atoms with Gasteiger partial charge in [-0.15, -0.1) is 11.3 Å². The first kappa shape index (κ1) is 11.5. The van der Waals surface area contributed by atoms with E-state index >= 15 is 0 Å². The van der Waals surface area contributed by atoms with Crippen LogP contribution in [-0.2, 0) is 11.3 Å². The van der Waals surface area contributed by atoms with Crippen molar-refractivity contribution in [1.82, 2.24) is 9.88 Å². The first-order chi connectivity index (χ1) is 7.75. The minimum Gasteiger partial charge on any atom is -0.476 e. The van der Waals surface area contributed by atoms with E-state index in [1.807, 2.05) is 5.38 Å². The van der Waals surface area contributed by atoms with Gasteiger partial charge < -0.3 is 9.84 Å². The van der Waals surface area contributed by atoms with Crippen LogP contribution in [0, 0.1) is 0 Å². The van der Waals surface area contributed by atoms with E-state index in [9.17, 15) is 4.79 Å². The van der Waals surface area contributed by atoms with Gasteiger partial charge in [0.15, 0.2) is 0 Å². The van der Waals surface area contributed by atoms with Gasteiger partial charge in [-0.2, -0.15) is 0 Å². The number of carboxylic acid groups (broad SMARTS) is 1. The average Bonchev–Trinajstić information content (AvgIpc) is 2.56. The van der Waals surface area contributed by atoms with Crippen molar-refractivity contribution in [2.45, 2.75) is 13.0 Å². The van der Waals surface area contributed by atoms with Crippen molar-refractivity contribution in [3.05, 3.63) is 16.1 Å². The monoisotopic (exact) mass is 242 g/mol. The highest BCUT2D eigenvalue weighted by molar-refractivity contribution is 7.11. The summed E-state index contributed by atoms with van der Waals surface area (Å²) in [6, 6.07) is 0. The number of thiazole rings is 1. The van der Waals surface area contributed by atoms with Gasteiger partial charge in [-0.25, -0.2) is 9.78 Å². The van der Waals surface area contributed by atoms with Gasteiger partial charge in [0.2, 0.25) is 5.01 Å². The number of hydrogen-bond donors (Lipinski definition) is 1. The van der Waals surface area contributed by atoms with Crippen molar-refractivity contribution >= 4 is 17.3 Å². The van der Waals surface area contributed by atoms with Gasteiger partial charge in [-0.3, -0.25) is 4.90 Å². The summed E-state index contributed by atoms with van der Waals surface area (Å²) >= 11 is 1.18. The Morgan fingerprint density at radius 3 is 3.19 bits per heavy atom. The molecule has 16 heavy (non-hydrogen) atoms. The molecule has 2 heterocycles. The second kappa shape index (κ2) is 5.38. The molecule has 0 bridgehead atoms. The lowest BCUT2D eigenvalue weighted by atomic mass is 10.3. The fraction of sp³-hybridized carbons (Fsp3) is 0.600. The molecule has 1 aliphatic rings. The average molecular weight is 242 g/mol. The van der Waals surface area contributed by atoms with Crippen LogP contribution in [0.15, 0.2) is 5.38 Å². The van der Waals surface area contributed by atoms with Crippen LogP contribution in [0.25, 0.3) is 0 Å². The first-order valence-corrected chi connectivity index (χ1v) is 6.11. The number of nitrogens with zero attached hydrogens (tertiary/aromatic N) is 2. The normalized spacial score (nSPS) is 18.2. The summed E-state index contributed by atoms with van der Waals surface area (Å²) in [4.78, 5) is 17.0. The van der Waals surface area contributed by atoms with Gasteiger partial charge in [0.25, 0.3) is 0 Å². The minimum atomic E-state index is -0.949. The standard InChI is InChI=1S/C10H14N2O3S/c13-10(14)9-11-8(7-16-9)6-12-2-1-4-15-5-3-12/h7H,1-6H2,(H,13,14). The summed E-state index contributed by atoms with van der Waals surface area (Å²) in [5.74, 6) is -0.949. The second-order valence-electron chi connectivity index (χ2n) is 3.69. The molecule has 0 atom stereocenters. The Balaban J connectivity index is 1.94. The van der Waals surface area contributed by atoms with Crippen LogP contribution >= 0.6 is 11.3 Å². The van der Waals surface area contributed by atoms with E-state index in [0.29, 0.717) is 6.54 Å². The molecule has 6 heteroatoms. The van der Waals surface area contributed by atoms with E-state index < -0.39 is 5.97 Å². The van der Waals surface area contributed by atoms with Crippen molar-refractivity contribution in [1.29, 1.82) is 0 Å². The lowest BCUT2D eigenvalue weighted by molar-refractivity contribution is 0.0696. The lowest BCUT2D eigenvalue weighted by Crippen LogP contribution is -2.26. The van der Waals surface area contributed by atoms with Crippen LogP contribution in [0.5, 0.6) is 0 Å². The number of hydrogen-bond acceptors (Lipinski definition) is 5. The maximum absolute atomic E-state index is 10.7. The molecule has 0 amide bonds. The van der Waals surface area contributed by atoms with E-state index in [0.717, 1.165) is 38.4 Å². The number of carboxylic acids is 1. The molecule has 2 rings (SSSR count). The molecule has 0 aromatic carbocycles. The minimum absolute atomic E-state index is 0.168. The molecule has 0 unspecified atom stereocenters. The summed E-state index contributed by atoms with van der Waals surface area (Å²) in [6.45, 7) is 4.15. The lowest BCUT2D eigenvalue weighted by Gasteiger charge is -2.17. The first-order valence-electron chi connectivity index (χ1n) is 5.23. The van der Waals surface area contributed by atoms with Gasteiger partial charge in [0.1, 0.15) is 0 Å². The number of ether oxygens (including phenoxy) is 1. The van der Waals surface area contributed by atoms with Crippen molar-refractivity contribution in [3.8, 4) is 0 Å². The molecule has 88 valence electrons. The SMILES string of the molecule is O=C(O)c1nc(CN2CCCOCC2)cs1. The maximum atomic E-state index is 10.7. The van der Waals surface area contributed by atoms with Gasteiger partial charge in [0.05, 0.1) is 12.3 Å². The molecule has 0 radical (unpaired) electrons. The van der Waals surface area contributed by atoms with Gasteiger partial charge in [-0.05, 0) is 6.42 Å². The van der Waals surface area contributed by atoms with Crippen LogP contribution in [0.1, 0.15) is 21.9 Å². The molecular formula is C10H14N2O3S. The van der Waals surface area contributed by atoms with E-state index in [1.165, 1.54) is 11.3 Å². The highest BCUT2D eigenvalue weighted by atomic mass is 32.1. The summed E-state index contributed by atoms with van der Waals surface area (Å²) < 4.78 is 5.35. The number of aromatic nitrogens is 1. The zero-order valence-corrected chi connectivity index (χ0v) is 9.70. The van der Waals surface area contributed by atoms with Gasteiger partial charge in [0, 0.05) is 31.6 Å². The molecule has 1 saturated heterocycles. The van der Waals surface area contributed by atoms with E-state index in [-0.39, 0.29) is 5.01 Å². The molecule has 5 nitrogen and oxygen atoms in total. The van der Waals surface area contributed by atoms with Crippen molar-refractivity contribution in [2.24, 2.45) is 0 Å². The third kappa shape index (κ3) is 3.01. The van der Waals surface area contributed by atoms with Crippen molar-refractivity contribution < 1.29 is 14.6 Å². The Morgan fingerprint density at radius 2 is 2.44 bits per heavy atom. The summed E-state index contributed by atoms with van der Waals surface area (Å²) in [5, 5.41) is 10.7. The Morgan fingerprint density at radius 1 is 1.56 bits per heavy atom. The Labute approximate surface area is 97.7 Å². The molecule has 0 aliphatic carbocycles. The van der Waals surface area contributed by atoms with Crippen molar-refractivity contribution in [3.63, 3.8) is 0 Å². The fourth-order valence-corrected chi connectivity index (χ4v) is 2.31. The van der Waals surface area contributed by atoms with E-state index in [1.54, 1.807) is 0 Å². The summed E-state index contributed by atoms with van der Waals surface area (Å²) in [5.41, 5.74) is 0.837. The van der Waals surface area contributed by atoms with Crippen LogP contribution < -0.4 is 0 Å². The predicted molar refractivity (Wildman–Crippen MR) is 59.8 cm³/mol. The molecule has 1 aliphatic heterocycles. The molecule has 1 aromatic heterocycles. The predicted octanol–water partition coefficient (Wildman–Crippen LogP) is 1.06. The third-order valence-electron chi connectivity index (χ3n) is 2.44. The zero-order valence-electron chi connectivity index (χ0n) is 8.89. The maximum Gasteiger partial charge on any atom is 0.365 e. The van der Waals surface area contributed by atoms with E-state index in [2.05, 4.69) is 9.88 Å². The molecular weight excluding hydrogens is 228 g/mol. The van der Waals surface area contributed by atoms with Gasteiger partial charge in [-0.1, -0.05) is 0 Å². The molecule has 0 spiro atoms. The van der Waals surface area contributed by atoms with Gasteiger partial charge >= 0.3 is 5.97 Å². The Bertz CT molecular complexity index is 359. The van der Waals surface area contributed by atoms with Crippen LogP contribution in [0.2, 0.25) is 0 Å². The zero-order chi connectivity index (χ0) is 11.4. The highest BCUT2D eigenvalue weighted by Crippen LogP contribution is 2.12. The number of carbonyl (C=O) groups is 1. The van der Waals surface area contributed by atoms with Crippen LogP contribution in [0.3, 0.4) is 0 Å². The Kier molecular flexibility index (Phi) is 3.87. The third-order valence-corrected chi connectivity index (χ3v) is 3.31. The molecule has 1 aromatic rings. The highest BCUT2D eigenvalue weighted by Gasteiger charge is 2.13. The smallest absolute Gasteiger partial charge is 0.365 e. The second-order valence-corrected chi connectivity index (χ2v) is 4.55. The largest absolute Gasteiger partial charge is 0.476 e. The molecule has 1 N–H and O–H groups in total. The summed E-state index contributed by atoms with van der Waals surface area (Å²) in [6.07, 6.45) is 1.02. The fourth-order valence-electron chi connectivity index (χ4n) is 1.66.